The highest BCUT2D eigenvalue weighted by molar-refractivity contribution is 5.96. The first kappa shape index (κ1) is 18.9. The molecule has 2 aromatic carbocycles. The largest absolute Gasteiger partial charge is 0.295 e. The van der Waals surface area contributed by atoms with Crippen molar-refractivity contribution >= 4 is 16.9 Å². The normalized spacial score (nSPS) is 11.3. The van der Waals surface area contributed by atoms with Crippen molar-refractivity contribution in [3.63, 3.8) is 0 Å². The molecule has 0 spiro atoms. The van der Waals surface area contributed by atoms with Crippen LogP contribution in [0.4, 0.5) is 0 Å². The van der Waals surface area contributed by atoms with Crippen LogP contribution in [0.1, 0.15) is 67.2 Å². The number of carbonyl (C=O) groups is 1. The van der Waals surface area contributed by atoms with E-state index >= 15 is 0 Å². The number of benzene rings is 2. The molecule has 0 aliphatic carbocycles. The molecule has 0 unspecified atom stereocenters. The lowest BCUT2D eigenvalue weighted by Crippen LogP contribution is -1.95. The standard InChI is InChI=1S/C20H22O.C2H6/c1-13-9-10-14(2)20(11-13)16(4)15(3)18-7-6-8-19(12-18)17(5)21;1-2/h6-12H,1-5H3;1-2H3/b16-15+;. The molecule has 1 nitrogen and oxygen atoms in total. The van der Waals surface area contributed by atoms with Crippen LogP contribution in [-0.2, 0) is 0 Å². The molecule has 0 saturated carbocycles. The Labute approximate surface area is 141 Å². The topological polar surface area (TPSA) is 17.1 Å². The number of aryl methyl sites for hydroxylation is 2. The van der Waals surface area contributed by atoms with E-state index in [1.54, 1.807) is 6.92 Å². The Bertz CT molecular complexity index is 721. The first-order chi connectivity index (χ1) is 10.9. The van der Waals surface area contributed by atoms with Crippen molar-refractivity contribution in [1.29, 1.82) is 0 Å². The van der Waals surface area contributed by atoms with Gasteiger partial charge in [0.05, 0.1) is 0 Å². The quantitative estimate of drug-likeness (QED) is 0.468. The van der Waals surface area contributed by atoms with Crippen LogP contribution in [0.15, 0.2) is 42.5 Å². The fraction of sp³-hybridized carbons (Fsp3) is 0.318. The summed E-state index contributed by atoms with van der Waals surface area (Å²) >= 11 is 0. The predicted molar refractivity (Wildman–Crippen MR) is 102 cm³/mol. The van der Waals surface area contributed by atoms with Gasteiger partial charge in [-0.25, -0.2) is 0 Å². The molecule has 2 aromatic rings. The van der Waals surface area contributed by atoms with Crippen LogP contribution in [0.2, 0.25) is 0 Å². The Kier molecular flexibility index (Phi) is 6.96. The molecule has 0 radical (unpaired) electrons. The molecule has 1 heteroatoms. The number of carbonyl (C=O) groups excluding carboxylic acids is 1. The maximum absolute atomic E-state index is 11.5. The SMILES string of the molecule is CC.CC(=O)c1cccc(/C(C)=C(\C)c2cc(C)ccc2C)c1. The Morgan fingerprint density at radius 2 is 1.39 bits per heavy atom. The van der Waals surface area contributed by atoms with E-state index in [1.165, 1.54) is 27.8 Å². The lowest BCUT2D eigenvalue weighted by molar-refractivity contribution is 0.101. The summed E-state index contributed by atoms with van der Waals surface area (Å²) in [6.45, 7) is 14.1. The lowest BCUT2D eigenvalue weighted by Gasteiger charge is -2.13. The number of ketones is 1. The second-order valence-electron chi connectivity index (χ2n) is 5.71. The van der Waals surface area contributed by atoms with Gasteiger partial charge in [-0.1, -0.05) is 55.8 Å². The molecule has 0 aliphatic heterocycles. The van der Waals surface area contributed by atoms with E-state index in [0.29, 0.717) is 0 Å². The lowest BCUT2D eigenvalue weighted by atomic mass is 9.92. The number of Topliss-reactive ketones (excluding diaryl/α,β-unsaturated/α-hetero) is 1. The summed E-state index contributed by atoms with van der Waals surface area (Å²) in [7, 11) is 0. The fourth-order valence-corrected chi connectivity index (χ4v) is 2.53. The number of hydrogen-bond donors (Lipinski definition) is 0. The molecule has 0 aromatic heterocycles. The number of rotatable bonds is 3. The summed E-state index contributed by atoms with van der Waals surface area (Å²) in [4.78, 5) is 11.5. The van der Waals surface area contributed by atoms with Crippen LogP contribution in [0.25, 0.3) is 11.1 Å². The molecule has 0 saturated heterocycles. The zero-order valence-electron chi connectivity index (χ0n) is 15.4. The van der Waals surface area contributed by atoms with Crippen LogP contribution in [0, 0.1) is 13.8 Å². The minimum atomic E-state index is 0.106. The van der Waals surface area contributed by atoms with Gasteiger partial charge in [-0.2, -0.15) is 0 Å². The third kappa shape index (κ3) is 4.66. The Morgan fingerprint density at radius 1 is 0.783 bits per heavy atom. The Balaban J connectivity index is 0.00000127. The smallest absolute Gasteiger partial charge is 0.159 e. The van der Waals surface area contributed by atoms with Crippen molar-refractivity contribution in [3.8, 4) is 0 Å². The van der Waals surface area contributed by atoms with Crippen molar-refractivity contribution in [1.82, 2.24) is 0 Å². The van der Waals surface area contributed by atoms with E-state index < -0.39 is 0 Å². The van der Waals surface area contributed by atoms with Gasteiger partial charge in [0.1, 0.15) is 0 Å². The fourth-order valence-electron chi connectivity index (χ4n) is 2.53. The molecule has 0 atom stereocenters. The molecule has 0 N–H and O–H groups in total. The van der Waals surface area contributed by atoms with Crippen LogP contribution in [-0.4, -0.2) is 5.78 Å². The van der Waals surface area contributed by atoms with E-state index in [9.17, 15) is 4.79 Å². The van der Waals surface area contributed by atoms with Crippen LogP contribution in [0.5, 0.6) is 0 Å². The maximum Gasteiger partial charge on any atom is 0.159 e. The average molecular weight is 308 g/mol. The molecule has 0 bridgehead atoms. The van der Waals surface area contributed by atoms with Gasteiger partial charge in [0.15, 0.2) is 5.78 Å². The van der Waals surface area contributed by atoms with Gasteiger partial charge in [0.25, 0.3) is 0 Å². The van der Waals surface area contributed by atoms with Crippen LogP contribution in [0.3, 0.4) is 0 Å². The van der Waals surface area contributed by atoms with Crippen molar-refractivity contribution in [3.05, 3.63) is 70.3 Å². The summed E-state index contributed by atoms with van der Waals surface area (Å²) in [6, 6.07) is 14.4. The van der Waals surface area contributed by atoms with E-state index in [0.717, 1.165) is 11.1 Å². The van der Waals surface area contributed by atoms with Gasteiger partial charge >= 0.3 is 0 Å². The first-order valence-corrected chi connectivity index (χ1v) is 8.26. The van der Waals surface area contributed by atoms with Crippen molar-refractivity contribution in [2.75, 3.05) is 0 Å². The molecule has 23 heavy (non-hydrogen) atoms. The number of hydrogen-bond acceptors (Lipinski definition) is 1. The van der Waals surface area contributed by atoms with Crippen LogP contribution >= 0.6 is 0 Å². The molecule has 0 heterocycles. The van der Waals surface area contributed by atoms with Gasteiger partial charge in [-0.15, -0.1) is 0 Å². The highest BCUT2D eigenvalue weighted by Crippen LogP contribution is 2.28. The Morgan fingerprint density at radius 3 is 2.00 bits per heavy atom. The monoisotopic (exact) mass is 308 g/mol. The van der Waals surface area contributed by atoms with Crippen molar-refractivity contribution in [2.24, 2.45) is 0 Å². The number of allylic oxidation sites excluding steroid dienone is 2. The highest BCUT2D eigenvalue weighted by Gasteiger charge is 2.08. The van der Waals surface area contributed by atoms with Gasteiger partial charge in [0.2, 0.25) is 0 Å². The summed E-state index contributed by atoms with van der Waals surface area (Å²) in [5, 5.41) is 0. The molecule has 0 amide bonds. The van der Waals surface area contributed by atoms with E-state index in [-0.39, 0.29) is 5.78 Å². The van der Waals surface area contributed by atoms with Crippen LogP contribution < -0.4 is 0 Å². The summed E-state index contributed by atoms with van der Waals surface area (Å²) in [5.74, 6) is 0.106. The molecule has 0 aliphatic rings. The third-order valence-electron chi connectivity index (χ3n) is 4.06. The molecular formula is C22H28O. The minimum Gasteiger partial charge on any atom is -0.295 e. The van der Waals surface area contributed by atoms with Gasteiger partial charge < -0.3 is 0 Å². The molecule has 0 fully saturated rings. The second-order valence-corrected chi connectivity index (χ2v) is 5.71. The Hall–Kier alpha value is -2.15. The minimum absolute atomic E-state index is 0.106. The van der Waals surface area contributed by atoms with Crippen molar-refractivity contribution in [2.45, 2.75) is 48.5 Å². The highest BCUT2D eigenvalue weighted by atomic mass is 16.1. The first-order valence-electron chi connectivity index (χ1n) is 8.26. The second kappa shape index (κ2) is 8.47. The summed E-state index contributed by atoms with van der Waals surface area (Å²) in [5.41, 5.74) is 8.17. The molecule has 122 valence electrons. The van der Waals surface area contributed by atoms with E-state index in [1.807, 2.05) is 32.0 Å². The zero-order valence-corrected chi connectivity index (χ0v) is 15.4. The van der Waals surface area contributed by atoms with Gasteiger partial charge in [-0.05, 0) is 68.5 Å². The van der Waals surface area contributed by atoms with Gasteiger partial charge in [-0.3, -0.25) is 4.79 Å². The average Bonchev–Trinajstić information content (AvgIpc) is 2.57. The van der Waals surface area contributed by atoms with E-state index in [2.05, 4.69) is 52.0 Å². The predicted octanol–water partition coefficient (Wildman–Crippen LogP) is 6.48. The molecular weight excluding hydrogens is 280 g/mol. The van der Waals surface area contributed by atoms with E-state index in [4.69, 9.17) is 0 Å². The van der Waals surface area contributed by atoms with Crippen molar-refractivity contribution < 1.29 is 4.79 Å². The maximum atomic E-state index is 11.5. The van der Waals surface area contributed by atoms with Gasteiger partial charge in [0, 0.05) is 5.56 Å². The summed E-state index contributed by atoms with van der Waals surface area (Å²) < 4.78 is 0. The molecule has 2 rings (SSSR count). The third-order valence-corrected chi connectivity index (χ3v) is 4.06. The summed E-state index contributed by atoms with van der Waals surface area (Å²) in [6.07, 6.45) is 0. The zero-order chi connectivity index (χ0) is 17.6.